The molecule has 0 spiro atoms. The van der Waals surface area contributed by atoms with Gasteiger partial charge in [-0.15, -0.1) is 0 Å². The summed E-state index contributed by atoms with van der Waals surface area (Å²) in [5, 5.41) is 32.0. The van der Waals surface area contributed by atoms with E-state index in [2.05, 4.69) is 5.32 Å². The highest BCUT2D eigenvalue weighted by atomic mass is 19.4. The second-order valence-corrected chi connectivity index (χ2v) is 7.98. The Morgan fingerprint density at radius 1 is 0.721 bits per heavy atom. The van der Waals surface area contributed by atoms with Gasteiger partial charge in [0, 0.05) is 22.4 Å². The van der Waals surface area contributed by atoms with Gasteiger partial charge in [0.15, 0.2) is 0 Å². The molecule has 0 aliphatic rings. The number of anilines is 1. The Morgan fingerprint density at radius 3 is 1.65 bits per heavy atom. The van der Waals surface area contributed by atoms with Crippen LogP contribution < -0.4 is 21.5 Å². The maximum absolute atomic E-state index is 12.4. The third-order valence-corrected chi connectivity index (χ3v) is 4.68. The van der Waals surface area contributed by atoms with E-state index >= 15 is 0 Å². The number of amidine groups is 2. The van der Waals surface area contributed by atoms with Gasteiger partial charge in [0.25, 0.3) is 5.91 Å². The molecule has 0 radical (unpaired) electrons. The summed E-state index contributed by atoms with van der Waals surface area (Å²) in [6, 6.07) is 20.9. The molecule has 9 N–H and O–H groups in total. The van der Waals surface area contributed by atoms with Crippen molar-refractivity contribution in [1.82, 2.24) is 0 Å². The Labute approximate surface area is 238 Å². The lowest BCUT2D eigenvalue weighted by Crippen LogP contribution is -2.21. The first-order chi connectivity index (χ1) is 19.8. The SMILES string of the molecule is N=C(N)c1ccc(C(=O)Nc2cccc(COc3cccc(C(=N)N)c3)c2)cc1.O=C(O)C(F)(F)F.O=C(O)C(F)(F)F. The van der Waals surface area contributed by atoms with Crippen LogP contribution in [0.3, 0.4) is 0 Å². The van der Waals surface area contributed by atoms with Crippen LogP contribution in [0.1, 0.15) is 27.0 Å². The summed E-state index contributed by atoms with van der Waals surface area (Å²) in [6.07, 6.45) is -10.2. The van der Waals surface area contributed by atoms with E-state index < -0.39 is 24.3 Å². The maximum Gasteiger partial charge on any atom is 0.490 e. The average Bonchev–Trinajstić information content (AvgIpc) is 2.92. The Kier molecular flexibility index (Phi) is 12.7. The molecule has 17 heteroatoms. The number of carboxylic acid groups (broad SMARTS) is 2. The number of nitrogens with one attached hydrogen (secondary N) is 3. The topological polar surface area (TPSA) is 213 Å². The van der Waals surface area contributed by atoms with Crippen molar-refractivity contribution < 1.29 is 55.7 Å². The first kappa shape index (κ1) is 35.4. The molecule has 0 heterocycles. The third-order valence-electron chi connectivity index (χ3n) is 4.68. The second-order valence-electron chi connectivity index (χ2n) is 7.98. The van der Waals surface area contributed by atoms with E-state index in [1.807, 2.05) is 18.2 Å². The van der Waals surface area contributed by atoms with E-state index in [1.165, 1.54) is 0 Å². The summed E-state index contributed by atoms with van der Waals surface area (Å²) in [5.41, 5.74) is 14.1. The molecular formula is C26H23F6N5O6. The van der Waals surface area contributed by atoms with Gasteiger partial charge in [0.2, 0.25) is 0 Å². The molecule has 230 valence electrons. The minimum absolute atomic E-state index is 0.0171. The number of carbonyl (C=O) groups is 3. The van der Waals surface area contributed by atoms with E-state index in [4.69, 9.17) is 46.8 Å². The van der Waals surface area contributed by atoms with E-state index in [1.54, 1.807) is 54.6 Å². The molecule has 3 aromatic carbocycles. The highest BCUT2D eigenvalue weighted by molar-refractivity contribution is 6.05. The van der Waals surface area contributed by atoms with Crippen LogP contribution in [-0.4, -0.2) is 52.1 Å². The summed E-state index contributed by atoms with van der Waals surface area (Å²) < 4.78 is 69.2. The largest absolute Gasteiger partial charge is 0.490 e. The molecular weight excluding hydrogens is 592 g/mol. The number of carboxylic acids is 2. The van der Waals surface area contributed by atoms with Crippen molar-refractivity contribution in [3.05, 3.63) is 95.1 Å². The van der Waals surface area contributed by atoms with Crippen LogP contribution in [0.15, 0.2) is 72.8 Å². The number of hydrogen-bond acceptors (Lipinski definition) is 6. The number of rotatable bonds is 7. The van der Waals surface area contributed by atoms with Crippen LogP contribution in [0.4, 0.5) is 32.0 Å². The number of ether oxygens (including phenoxy) is 1. The van der Waals surface area contributed by atoms with Crippen molar-refractivity contribution in [3.8, 4) is 5.75 Å². The number of amides is 1. The second kappa shape index (κ2) is 15.4. The lowest BCUT2D eigenvalue weighted by molar-refractivity contribution is -0.193. The van der Waals surface area contributed by atoms with E-state index in [0.29, 0.717) is 34.7 Å². The monoisotopic (exact) mass is 615 g/mol. The zero-order valence-corrected chi connectivity index (χ0v) is 21.6. The fourth-order valence-corrected chi connectivity index (χ4v) is 2.66. The number of carbonyl (C=O) groups excluding carboxylic acids is 1. The fourth-order valence-electron chi connectivity index (χ4n) is 2.66. The molecule has 0 saturated carbocycles. The zero-order chi connectivity index (χ0) is 33.0. The first-order valence-corrected chi connectivity index (χ1v) is 11.3. The molecule has 43 heavy (non-hydrogen) atoms. The van der Waals surface area contributed by atoms with Gasteiger partial charge in [-0.3, -0.25) is 15.6 Å². The summed E-state index contributed by atoms with van der Waals surface area (Å²) >= 11 is 0. The van der Waals surface area contributed by atoms with Crippen molar-refractivity contribution in [2.24, 2.45) is 11.5 Å². The first-order valence-electron chi connectivity index (χ1n) is 11.3. The van der Waals surface area contributed by atoms with Gasteiger partial charge in [0.05, 0.1) is 0 Å². The van der Waals surface area contributed by atoms with Crippen LogP contribution in [0.5, 0.6) is 5.75 Å². The average molecular weight is 615 g/mol. The quantitative estimate of drug-likeness (QED) is 0.115. The highest BCUT2D eigenvalue weighted by Gasteiger charge is 2.38. The van der Waals surface area contributed by atoms with Gasteiger partial charge >= 0.3 is 24.3 Å². The van der Waals surface area contributed by atoms with Gasteiger partial charge in [-0.05, 0) is 42.0 Å². The van der Waals surface area contributed by atoms with Crippen molar-refractivity contribution in [2.45, 2.75) is 19.0 Å². The van der Waals surface area contributed by atoms with Crippen LogP contribution >= 0.6 is 0 Å². The van der Waals surface area contributed by atoms with Crippen LogP contribution in [-0.2, 0) is 16.2 Å². The van der Waals surface area contributed by atoms with Gasteiger partial charge in [0.1, 0.15) is 24.0 Å². The van der Waals surface area contributed by atoms with Gasteiger partial charge < -0.3 is 31.7 Å². The number of hydrogen-bond donors (Lipinski definition) is 7. The van der Waals surface area contributed by atoms with Crippen molar-refractivity contribution in [2.75, 3.05) is 5.32 Å². The molecule has 0 aliphatic carbocycles. The molecule has 0 aromatic heterocycles. The normalized spacial score (nSPS) is 10.6. The lowest BCUT2D eigenvalue weighted by atomic mass is 10.1. The predicted molar refractivity (Wildman–Crippen MR) is 141 cm³/mol. The van der Waals surface area contributed by atoms with Gasteiger partial charge in [-0.25, -0.2) is 9.59 Å². The number of nitrogen functional groups attached to an aromatic ring is 2. The van der Waals surface area contributed by atoms with Gasteiger partial charge in [-0.1, -0.05) is 36.4 Å². The predicted octanol–water partition coefficient (Wildman–Crippen LogP) is 4.35. The Balaban J connectivity index is 0.000000548. The van der Waals surface area contributed by atoms with Crippen molar-refractivity contribution in [1.29, 1.82) is 10.8 Å². The van der Waals surface area contributed by atoms with Crippen LogP contribution in [0, 0.1) is 10.8 Å². The number of aliphatic carboxylic acids is 2. The molecule has 3 rings (SSSR count). The number of nitrogens with two attached hydrogens (primary N) is 2. The zero-order valence-electron chi connectivity index (χ0n) is 21.6. The molecule has 1 amide bonds. The highest BCUT2D eigenvalue weighted by Crippen LogP contribution is 2.18. The van der Waals surface area contributed by atoms with Gasteiger partial charge in [-0.2, -0.15) is 26.3 Å². The summed E-state index contributed by atoms with van der Waals surface area (Å²) in [4.78, 5) is 30.2. The van der Waals surface area contributed by atoms with Crippen molar-refractivity contribution >= 4 is 35.2 Å². The minimum Gasteiger partial charge on any atom is -0.489 e. The molecule has 0 unspecified atom stereocenters. The molecule has 11 nitrogen and oxygen atoms in total. The molecule has 0 atom stereocenters. The van der Waals surface area contributed by atoms with Crippen LogP contribution in [0.25, 0.3) is 0 Å². The maximum atomic E-state index is 12.4. The summed E-state index contributed by atoms with van der Waals surface area (Å²) in [7, 11) is 0. The van der Waals surface area contributed by atoms with Crippen molar-refractivity contribution in [3.63, 3.8) is 0 Å². The fraction of sp³-hybridized carbons (Fsp3) is 0.115. The van der Waals surface area contributed by atoms with E-state index in [0.717, 1.165) is 5.56 Å². The van der Waals surface area contributed by atoms with Crippen LogP contribution in [0.2, 0.25) is 0 Å². The summed E-state index contributed by atoms with van der Waals surface area (Å²) in [5.74, 6) is -5.22. The van der Waals surface area contributed by atoms with E-state index in [-0.39, 0.29) is 17.6 Å². The molecule has 0 bridgehead atoms. The Bertz CT molecular complexity index is 1440. The molecule has 3 aromatic rings. The number of alkyl halides is 6. The Hall–Kier alpha value is -5.61. The number of halogens is 6. The number of benzene rings is 3. The third kappa shape index (κ3) is 13.1. The molecule has 0 aliphatic heterocycles. The summed E-state index contributed by atoms with van der Waals surface area (Å²) in [6.45, 7) is 0.304. The Morgan fingerprint density at radius 2 is 1.19 bits per heavy atom. The molecule has 0 fully saturated rings. The molecule has 0 saturated heterocycles. The minimum atomic E-state index is -5.08. The standard InChI is InChI=1S/C22H21N5O2.2C2HF3O2/c23-20(24)15-7-9-16(10-8-15)22(28)27-18-5-1-3-14(11-18)13-29-19-6-2-4-17(12-19)21(25)26;2*3-2(4,5)1(6)7/h1-12H,13H2,(H3,23,24)(H3,25,26)(H,27,28);2*(H,6,7). The lowest BCUT2D eigenvalue weighted by Gasteiger charge is -2.10. The van der Waals surface area contributed by atoms with E-state index in [9.17, 15) is 31.1 Å². The smallest absolute Gasteiger partial charge is 0.489 e.